The SMILES string of the molecule is CC(NC(C)c1sccc1Br)c1ccc(Cl)cc1Cl. The van der Waals surface area contributed by atoms with Gasteiger partial charge in [-0.2, -0.15) is 0 Å². The molecule has 0 saturated heterocycles. The van der Waals surface area contributed by atoms with Crippen molar-refractivity contribution in [3.05, 3.63) is 54.6 Å². The molecule has 1 nitrogen and oxygen atoms in total. The van der Waals surface area contributed by atoms with Crippen LogP contribution < -0.4 is 5.32 Å². The van der Waals surface area contributed by atoms with Crippen LogP contribution in [0.5, 0.6) is 0 Å². The minimum absolute atomic E-state index is 0.161. The van der Waals surface area contributed by atoms with E-state index in [0.29, 0.717) is 10.0 Å². The molecule has 1 heterocycles. The number of halogens is 3. The van der Waals surface area contributed by atoms with Gasteiger partial charge in [0, 0.05) is 31.5 Å². The normalized spacial score (nSPS) is 14.4. The first kappa shape index (κ1) is 15.3. The first-order valence-corrected chi connectivity index (χ1v) is 8.35. The third kappa shape index (κ3) is 3.73. The lowest BCUT2D eigenvalue weighted by molar-refractivity contribution is 0.499. The molecule has 0 saturated carbocycles. The predicted molar refractivity (Wildman–Crippen MR) is 88.4 cm³/mol. The van der Waals surface area contributed by atoms with Crippen LogP contribution in [0.25, 0.3) is 0 Å². The van der Waals surface area contributed by atoms with Crippen molar-refractivity contribution in [2.45, 2.75) is 25.9 Å². The lowest BCUT2D eigenvalue weighted by Gasteiger charge is -2.21. The number of hydrogen-bond acceptors (Lipinski definition) is 2. The molecule has 19 heavy (non-hydrogen) atoms. The van der Waals surface area contributed by atoms with Crippen LogP contribution in [0.4, 0.5) is 0 Å². The van der Waals surface area contributed by atoms with Gasteiger partial charge in [0.25, 0.3) is 0 Å². The molecule has 1 N–H and O–H groups in total. The Bertz CT molecular complexity index is 570. The second-order valence-electron chi connectivity index (χ2n) is 4.41. The first-order chi connectivity index (χ1) is 8.99. The van der Waals surface area contributed by atoms with Gasteiger partial charge in [0.15, 0.2) is 0 Å². The number of benzene rings is 1. The van der Waals surface area contributed by atoms with Crippen LogP contribution in [-0.2, 0) is 0 Å². The van der Waals surface area contributed by atoms with Gasteiger partial charge in [-0.15, -0.1) is 11.3 Å². The second-order valence-corrected chi connectivity index (χ2v) is 7.05. The summed E-state index contributed by atoms with van der Waals surface area (Å²) >= 11 is 17.5. The summed E-state index contributed by atoms with van der Waals surface area (Å²) in [6.45, 7) is 4.25. The van der Waals surface area contributed by atoms with Crippen LogP contribution in [0.2, 0.25) is 10.0 Å². The Morgan fingerprint density at radius 1 is 1.16 bits per heavy atom. The van der Waals surface area contributed by atoms with Crippen molar-refractivity contribution in [1.82, 2.24) is 5.32 Å². The lowest BCUT2D eigenvalue weighted by Crippen LogP contribution is -2.22. The lowest BCUT2D eigenvalue weighted by atomic mass is 10.1. The zero-order valence-electron chi connectivity index (χ0n) is 10.6. The highest BCUT2D eigenvalue weighted by Gasteiger charge is 2.16. The monoisotopic (exact) mass is 377 g/mol. The molecule has 2 unspecified atom stereocenters. The van der Waals surface area contributed by atoms with Crippen molar-refractivity contribution in [2.75, 3.05) is 0 Å². The molecule has 2 aromatic rings. The highest BCUT2D eigenvalue weighted by atomic mass is 79.9. The molecule has 0 aliphatic rings. The molecule has 2 atom stereocenters. The highest BCUT2D eigenvalue weighted by Crippen LogP contribution is 2.32. The van der Waals surface area contributed by atoms with E-state index in [4.69, 9.17) is 23.2 Å². The third-order valence-corrected chi connectivity index (χ3v) is 5.58. The maximum absolute atomic E-state index is 6.23. The van der Waals surface area contributed by atoms with Crippen LogP contribution in [0, 0.1) is 0 Å². The summed E-state index contributed by atoms with van der Waals surface area (Å²) in [6.07, 6.45) is 0. The van der Waals surface area contributed by atoms with E-state index < -0.39 is 0 Å². The minimum atomic E-state index is 0.161. The fourth-order valence-electron chi connectivity index (χ4n) is 2.01. The molecule has 0 amide bonds. The van der Waals surface area contributed by atoms with E-state index in [2.05, 4.69) is 46.5 Å². The quantitative estimate of drug-likeness (QED) is 0.664. The van der Waals surface area contributed by atoms with Gasteiger partial charge in [-0.25, -0.2) is 0 Å². The van der Waals surface area contributed by atoms with Gasteiger partial charge in [-0.05, 0) is 58.9 Å². The Hall–Kier alpha value is -0.0600. The van der Waals surface area contributed by atoms with Gasteiger partial charge in [-0.1, -0.05) is 29.3 Å². The van der Waals surface area contributed by atoms with E-state index in [1.807, 2.05) is 12.1 Å². The standard InChI is InChI=1S/C14H14BrCl2NS/c1-8(11-4-3-10(16)7-13(11)17)18-9(2)14-12(15)5-6-19-14/h3-9,18H,1-2H3. The summed E-state index contributed by atoms with van der Waals surface area (Å²) in [4.78, 5) is 1.29. The largest absolute Gasteiger partial charge is 0.303 e. The molecule has 1 aromatic heterocycles. The van der Waals surface area contributed by atoms with E-state index in [0.717, 1.165) is 10.0 Å². The summed E-state index contributed by atoms with van der Waals surface area (Å²) in [5.41, 5.74) is 1.06. The third-order valence-electron chi connectivity index (χ3n) is 2.97. The van der Waals surface area contributed by atoms with Crippen LogP contribution >= 0.6 is 50.5 Å². The van der Waals surface area contributed by atoms with Crippen LogP contribution in [0.15, 0.2) is 34.1 Å². The number of hydrogen-bond donors (Lipinski definition) is 1. The molecule has 0 bridgehead atoms. The fourth-order valence-corrected chi connectivity index (χ4v) is 4.31. The molecule has 0 spiro atoms. The average molecular weight is 379 g/mol. The maximum atomic E-state index is 6.23. The Kier molecular flexibility index (Phi) is 5.32. The fraction of sp³-hybridized carbons (Fsp3) is 0.286. The maximum Gasteiger partial charge on any atom is 0.0468 e. The first-order valence-electron chi connectivity index (χ1n) is 5.93. The summed E-state index contributed by atoms with van der Waals surface area (Å²) in [6, 6.07) is 8.11. The van der Waals surface area contributed by atoms with Crippen molar-refractivity contribution in [3.8, 4) is 0 Å². The summed E-state index contributed by atoms with van der Waals surface area (Å²) in [5.74, 6) is 0. The molecule has 0 aliphatic heterocycles. The zero-order chi connectivity index (χ0) is 14.0. The number of thiophene rings is 1. The van der Waals surface area contributed by atoms with E-state index >= 15 is 0 Å². The predicted octanol–water partition coefficient (Wildman–Crippen LogP) is 6.23. The molecule has 5 heteroatoms. The highest BCUT2D eigenvalue weighted by molar-refractivity contribution is 9.10. The molecule has 1 aromatic carbocycles. The van der Waals surface area contributed by atoms with Gasteiger partial charge < -0.3 is 5.32 Å². The van der Waals surface area contributed by atoms with E-state index in [1.54, 1.807) is 17.4 Å². The average Bonchev–Trinajstić information content (AvgIpc) is 2.75. The van der Waals surface area contributed by atoms with Crippen molar-refractivity contribution in [3.63, 3.8) is 0 Å². The Labute approximate surface area is 136 Å². The topological polar surface area (TPSA) is 12.0 Å². The minimum Gasteiger partial charge on any atom is -0.303 e. The molecule has 0 fully saturated rings. The van der Waals surface area contributed by atoms with Gasteiger partial charge in [0.1, 0.15) is 0 Å². The summed E-state index contributed by atoms with van der Waals surface area (Å²) in [5, 5.41) is 6.99. The summed E-state index contributed by atoms with van der Waals surface area (Å²) in [7, 11) is 0. The molecular formula is C14H14BrCl2NS. The smallest absolute Gasteiger partial charge is 0.0468 e. The van der Waals surface area contributed by atoms with Crippen molar-refractivity contribution in [2.24, 2.45) is 0 Å². The molecule has 0 aliphatic carbocycles. The molecule has 102 valence electrons. The Morgan fingerprint density at radius 2 is 1.89 bits per heavy atom. The summed E-state index contributed by atoms with van der Waals surface area (Å²) < 4.78 is 1.15. The van der Waals surface area contributed by atoms with Crippen LogP contribution in [-0.4, -0.2) is 0 Å². The van der Waals surface area contributed by atoms with E-state index in [1.165, 1.54) is 4.88 Å². The zero-order valence-corrected chi connectivity index (χ0v) is 14.5. The molecule has 0 radical (unpaired) electrons. The van der Waals surface area contributed by atoms with Crippen molar-refractivity contribution in [1.29, 1.82) is 0 Å². The van der Waals surface area contributed by atoms with Crippen LogP contribution in [0.1, 0.15) is 36.4 Å². The molecular weight excluding hydrogens is 365 g/mol. The van der Waals surface area contributed by atoms with E-state index in [9.17, 15) is 0 Å². The number of rotatable bonds is 4. The van der Waals surface area contributed by atoms with Crippen molar-refractivity contribution < 1.29 is 0 Å². The second kappa shape index (κ2) is 6.59. The number of nitrogens with one attached hydrogen (secondary N) is 1. The Morgan fingerprint density at radius 3 is 2.47 bits per heavy atom. The van der Waals surface area contributed by atoms with Gasteiger partial charge >= 0.3 is 0 Å². The van der Waals surface area contributed by atoms with E-state index in [-0.39, 0.29) is 12.1 Å². The Balaban J connectivity index is 2.13. The van der Waals surface area contributed by atoms with Crippen molar-refractivity contribution >= 4 is 50.5 Å². The van der Waals surface area contributed by atoms with Gasteiger partial charge in [0.05, 0.1) is 0 Å². The van der Waals surface area contributed by atoms with Gasteiger partial charge in [0.2, 0.25) is 0 Å². The van der Waals surface area contributed by atoms with Gasteiger partial charge in [-0.3, -0.25) is 0 Å². The molecule has 2 rings (SSSR count). The van der Waals surface area contributed by atoms with Crippen LogP contribution in [0.3, 0.4) is 0 Å².